The highest BCUT2D eigenvalue weighted by Gasteiger charge is 2.08. The van der Waals surface area contributed by atoms with Gasteiger partial charge in [0.1, 0.15) is 5.75 Å². The van der Waals surface area contributed by atoms with Gasteiger partial charge in [0.15, 0.2) is 0 Å². The molecular formula is C16H19NOS. The number of hydrogen-bond donors (Lipinski definition) is 1. The van der Waals surface area contributed by atoms with E-state index in [-0.39, 0.29) is 6.04 Å². The molecule has 0 spiro atoms. The molecular weight excluding hydrogens is 254 g/mol. The van der Waals surface area contributed by atoms with Crippen molar-refractivity contribution in [2.45, 2.75) is 17.9 Å². The van der Waals surface area contributed by atoms with Crippen molar-refractivity contribution in [3.63, 3.8) is 0 Å². The van der Waals surface area contributed by atoms with E-state index in [0.717, 1.165) is 11.5 Å². The molecule has 0 aliphatic heterocycles. The molecule has 0 aliphatic carbocycles. The lowest BCUT2D eigenvalue weighted by atomic mass is 10.0. The molecule has 2 aromatic carbocycles. The Morgan fingerprint density at radius 2 is 1.79 bits per heavy atom. The summed E-state index contributed by atoms with van der Waals surface area (Å²) in [5.41, 5.74) is 8.73. The number of methoxy groups -OCH3 is 1. The smallest absolute Gasteiger partial charge is 0.118 e. The molecule has 0 saturated carbocycles. The second-order valence-electron chi connectivity index (χ2n) is 4.45. The number of nitrogens with two attached hydrogens (primary N) is 1. The van der Waals surface area contributed by atoms with E-state index in [1.807, 2.05) is 24.3 Å². The van der Waals surface area contributed by atoms with Crippen molar-refractivity contribution in [3.05, 3.63) is 59.7 Å². The lowest BCUT2D eigenvalue weighted by molar-refractivity contribution is 0.414. The molecule has 2 rings (SSSR count). The third kappa shape index (κ3) is 3.75. The van der Waals surface area contributed by atoms with Crippen molar-refractivity contribution in [3.8, 4) is 5.75 Å². The van der Waals surface area contributed by atoms with Crippen LogP contribution in [0.4, 0.5) is 0 Å². The number of thioether (sulfide) groups is 1. The highest BCUT2D eigenvalue weighted by molar-refractivity contribution is 7.99. The van der Waals surface area contributed by atoms with E-state index in [2.05, 4.69) is 31.2 Å². The average Bonchev–Trinajstić information content (AvgIpc) is 2.46. The number of ether oxygens (including phenoxy) is 1. The maximum absolute atomic E-state index is 6.25. The molecule has 1 atom stereocenters. The quantitative estimate of drug-likeness (QED) is 0.842. The Morgan fingerprint density at radius 3 is 2.42 bits per heavy atom. The van der Waals surface area contributed by atoms with E-state index in [4.69, 9.17) is 10.5 Å². The summed E-state index contributed by atoms with van der Waals surface area (Å²) < 4.78 is 5.15. The Bertz CT molecular complexity index is 525. The first kappa shape index (κ1) is 14.0. The van der Waals surface area contributed by atoms with Crippen molar-refractivity contribution >= 4 is 11.8 Å². The Balaban J connectivity index is 1.96. The summed E-state index contributed by atoms with van der Waals surface area (Å²) in [5.74, 6) is 1.75. The zero-order valence-electron chi connectivity index (χ0n) is 11.3. The predicted molar refractivity (Wildman–Crippen MR) is 81.8 cm³/mol. The molecule has 100 valence electrons. The van der Waals surface area contributed by atoms with Crippen LogP contribution in [0, 0.1) is 6.92 Å². The van der Waals surface area contributed by atoms with E-state index in [9.17, 15) is 0 Å². The van der Waals surface area contributed by atoms with E-state index in [0.29, 0.717) is 0 Å². The lowest BCUT2D eigenvalue weighted by Crippen LogP contribution is -2.14. The van der Waals surface area contributed by atoms with Gasteiger partial charge in [-0.1, -0.05) is 24.3 Å². The maximum atomic E-state index is 6.25. The fourth-order valence-corrected chi connectivity index (χ4v) is 2.83. The highest BCUT2D eigenvalue weighted by Crippen LogP contribution is 2.26. The second kappa shape index (κ2) is 6.64. The molecule has 2 aromatic rings. The van der Waals surface area contributed by atoms with Crippen LogP contribution < -0.4 is 10.5 Å². The number of rotatable bonds is 5. The van der Waals surface area contributed by atoms with Gasteiger partial charge in [0.25, 0.3) is 0 Å². The van der Waals surface area contributed by atoms with E-state index >= 15 is 0 Å². The summed E-state index contributed by atoms with van der Waals surface area (Å²) in [6.07, 6.45) is 0. The number of hydrogen-bond acceptors (Lipinski definition) is 3. The molecule has 0 heterocycles. The minimum atomic E-state index is 0.0632. The fraction of sp³-hybridized carbons (Fsp3) is 0.250. The van der Waals surface area contributed by atoms with Gasteiger partial charge in [0.2, 0.25) is 0 Å². The predicted octanol–water partition coefficient (Wildman–Crippen LogP) is 3.80. The Kier molecular flexibility index (Phi) is 4.88. The average molecular weight is 273 g/mol. The summed E-state index contributed by atoms with van der Waals surface area (Å²) in [5, 5.41) is 0. The molecule has 0 bridgehead atoms. The zero-order valence-corrected chi connectivity index (χ0v) is 12.1. The molecule has 0 amide bonds. The van der Waals surface area contributed by atoms with Gasteiger partial charge < -0.3 is 10.5 Å². The minimum absolute atomic E-state index is 0.0632. The van der Waals surface area contributed by atoms with Gasteiger partial charge in [-0.3, -0.25) is 0 Å². The molecule has 0 aromatic heterocycles. The van der Waals surface area contributed by atoms with Gasteiger partial charge in [0.05, 0.1) is 7.11 Å². The molecule has 0 aliphatic rings. The van der Waals surface area contributed by atoms with Crippen LogP contribution in [0.25, 0.3) is 0 Å². The van der Waals surface area contributed by atoms with E-state index in [1.165, 1.54) is 16.0 Å². The first-order valence-electron chi connectivity index (χ1n) is 6.28. The van der Waals surface area contributed by atoms with Crippen LogP contribution in [0.1, 0.15) is 17.2 Å². The van der Waals surface area contributed by atoms with Crippen LogP contribution in [0.15, 0.2) is 53.4 Å². The molecule has 0 fully saturated rings. The monoisotopic (exact) mass is 273 g/mol. The summed E-state index contributed by atoms with van der Waals surface area (Å²) in [6.45, 7) is 2.10. The second-order valence-corrected chi connectivity index (χ2v) is 5.54. The van der Waals surface area contributed by atoms with Gasteiger partial charge in [0, 0.05) is 16.7 Å². The van der Waals surface area contributed by atoms with Crippen LogP contribution in [-0.2, 0) is 0 Å². The largest absolute Gasteiger partial charge is 0.497 e. The SMILES string of the molecule is COc1ccc(SCC(N)c2ccccc2C)cc1. The van der Waals surface area contributed by atoms with E-state index < -0.39 is 0 Å². The Morgan fingerprint density at radius 1 is 1.11 bits per heavy atom. The van der Waals surface area contributed by atoms with Crippen LogP contribution in [0.3, 0.4) is 0 Å². The van der Waals surface area contributed by atoms with Crippen LogP contribution in [0.2, 0.25) is 0 Å². The summed E-state index contributed by atoms with van der Waals surface area (Å²) in [4.78, 5) is 1.21. The molecule has 0 saturated heterocycles. The third-order valence-electron chi connectivity index (χ3n) is 3.08. The molecule has 2 nitrogen and oxygen atoms in total. The topological polar surface area (TPSA) is 35.2 Å². The molecule has 3 heteroatoms. The van der Waals surface area contributed by atoms with Crippen LogP contribution >= 0.6 is 11.8 Å². The van der Waals surface area contributed by atoms with Gasteiger partial charge in [-0.15, -0.1) is 11.8 Å². The van der Waals surface area contributed by atoms with Crippen LogP contribution in [0.5, 0.6) is 5.75 Å². The van der Waals surface area contributed by atoms with Crippen molar-refractivity contribution in [2.75, 3.05) is 12.9 Å². The first-order valence-corrected chi connectivity index (χ1v) is 7.27. The Hall–Kier alpha value is -1.45. The van der Waals surface area contributed by atoms with Gasteiger partial charge >= 0.3 is 0 Å². The number of aryl methyl sites for hydroxylation is 1. The van der Waals surface area contributed by atoms with Crippen molar-refractivity contribution in [1.82, 2.24) is 0 Å². The summed E-state index contributed by atoms with van der Waals surface area (Å²) in [7, 11) is 1.68. The Labute approximate surface area is 119 Å². The van der Waals surface area contributed by atoms with Crippen molar-refractivity contribution in [2.24, 2.45) is 5.73 Å². The van der Waals surface area contributed by atoms with Crippen molar-refractivity contribution in [1.29, 1.82) is 0 Å². The van der Waals surface area contributed by atoms with Crippen LogP contribution in [-0.4, -0.2) is 12.9 Å². The molecule has 19 heavy (non-hydrogen) atoms. The van der Waals surface area contributed by atoms with Gasteiger partial charge in [-0.2, -0.15) is 0 Å². The van der Waals surface area contributed by atoms with E-state index in [1.54, 1.807) is 18.9 Å². The maximum Gasteiger partial charge on any atom is 0.118 e. The van der Waals surface area contributed by atoms with Gasteiger partial charge in [-0.05, 0) is 42.3 Å². The minimum Gasteiger partial charge on any atom is -0.497 e. The van der Waals surface area contributed by atoms with Crippen molar-refractivity contribution < 1.29 is 4.74 Å². The summed E-state index contributed by atoms with van der Waals surface area (Å²) in [6, 6.07) is 16.4. The fourth-order valence-electron chi connectivity index (χ4n) is 1.95. The summed E-state index contributed by atoms with van der Waals surface area (Å²) >= 11 is 1.77. The molecule has 1 unspecified atom stereocenters. The molecule has 2 N–H and O–H groups in total. The van der Waals surface area contributed by atoms with Gasteiger partial charge in [-0.25, -0.2) is 0 Å². The normalized spacial score (nSPS) is 12.2. The molecule has 0 radical (unpaired) electrons. The standard InChI is InChI=1S/C16H19NOS/c1-12-5-3-4-6-15(12)16(17)11-19-14-9-7-13(18-2)8-10-14/h3-10,16H,11,17H2,1-2H3. The highest BCUT2D eigenvalue weighted by atomic mass is 32.2. The first-order chi connectivity index (χ1) is 9.20. The zero-order chi connectivity index (χ0) is 13.7. The third-order valence-corrected chi connectivity index (χ3v) is 4.21. The number of benzene rings is 2. The lowest BCUT2D eigenvalue weighted by Gasteiger charge is -2.14.